The van der Waals surface area contributed by atoms with Crippen molar-refractivity contribution >= 4 is 31.1 Å². The first-order valence-corrected chi connectivity index (χ1v) is 12.4. The van der Waals surface area contributed by atoms with Gasteiger partial charge in [0.1, 0.15) is 0 Å². The molecular weight excluding hydrogens is 424 g/mol. The molecule has 0 aliphatic rings. The van der Waals surface area contributed by atoms with Crippen molar-refractivity contribution in [2.75, 3.05) is 20.6 Å². The Morgan fingerprint density at radius 2 is 1.70 bits per heavy atom. The number of pyridine rings is 1. The Morgan fingerprint density at radius 1 is 1.03 bits per heavy atom. The number of aromatic nitrogens is 2. The van der Waals surface area contributed by atoms with Gasteiger partial charge in [-0.1, -0.05) is 12.1 Å². The molecule has 1 aromatic carbocycles. The van der Waals surface area contributed by atoms with Crippen molar-refractivity contribution in [2.24, 2.45) is 0 Å². The van der Waals surface area contributed by atoms with Crippen molar-refractivity contribution < 1.29 is 16.8 Å². The maximum Gasteiger partial charge on any atom is 0.278 e. The zero-order valence-corrected chi connectivity index (χ0v) is 19.0. The molecule has 0 radical (unpaired) electrons. The van der Waals surface area contributed by atoms with Gasteiger partial charge in [0.05, 0.1) is 10.8 Å². The Hall–Kier alpha value is -2.27. The molecule has 30 heavy (non-hydrogen) atoms. The fourth-order valence-corrected chi connectivity index (χ4v) is 4.84. The standard InChI is InChI=1S/C20H26N4O4S2/c1-15(2)29(25,26)24-14-18(9-12-22-30(27,28)23(3)4)19-6-5-17(13-20(19)24)16-7-10-21-11-8-16/h5-8,10-11,13-15,22H,9,12H2,1-4H3. The molecule has 0 spiro atoms. The lowest BCUT2D eigenvalue weighted by atomic mass is 10.0. The van der Waals surface area contributed by atoms with Crippen LogP contribution in [0.15, 0.2) is 48.9 Å². The van der Waals surface area contributed by atoms with Crippen LogP contribution in [0.3, 0.4) is 0 Å². The minimum absolute atomic E-state index is 0.160. The van der Waals surface area contributed by atoms with Crippen LogP contribution in [-0.4, -0.2) is 56.0 Å². The first-order chi connectivity index (χ1) is 14.0. The molecule has 2 aromatic heterocycles. The topological polar surface area (TPSA) is 101 Å². The summed E-state index contributed by atoms with van der Waals surface area (Å²) in [5.74, 6) is 0. The van der Waals surface area contributed by atoms with Gasteiger partial charge < -0.3 is 0 Å². The highest BCUT2D eigenvalue weighted by molar-refractivity contribution is 7.90. The van der Waals surface area contributed by atoms with E-state index < -0.39 is 25.5 Å². The van der Waals surface area contributed by atoms with Crippen LogP contribution in [0.4, 0.5) is 0 Å². The second kappa shape index (κ2) is 8.46. The Bertz CT molecular complexity index is 1250. The highest BCUT2D eigenvalue weighted by Gasteiger charge is 2.23. The predicted molar refractivity (Wildman–Crippen MR) is 119 cm³/mol. The Morgan fingerprint density at radius 3 is 2.30 bits per heavy atom. The summed E-state index contributed by atoms with van der Waals surface area (Å²) >= 11 is 0. The number of hydrogen-bond donors (Lipinski definition) is 1. The number of rotatable bonds is 8. The van der Waals surface area contributed by atoms with Crippen molar-refractivity contribution in [3.63, 3.8) is 0 Å². The lowest BCUT2D eigenvalue weighted by Gasteiger charge is -2.11. The van der Waals surface area contributed by atoms with E-state index in [0.717, 1.165) is 26.4 Å². The molecule has 2 heterocycles. The highest BCUT2D eigenvalue weighted by atomic mass is 32.2. The fourth-order valence-electron chi connectivity index (χ4n) is 3.07. The molecule has 0 fully saturated rings. The van der Waals surface area contributed by atoms with E-state index in [4.69, 9.17) is 0 Å². The van der Waals surface area contributed by atoms with Crippen molar-refractivity contribution in [3.8, 4) is 11.1 Å². The van der Waals surface area contributed by atoms with Gasteiger partial charge in [-0.15, -0.1) is 0 Å². The van der Waals surface area contributed by atoms with Gasteiger partial charge in [0.25, 0.3) is 10.2 Å². The largest absolute Gasteiger partial charge is 0.278 e. The first-order valence-electron chi connectivity index (χ1n) is 9.50. The van der Waals surface area contributed by atoms with E-state index in [-0.39, 0.29) is 6.54 Å². The smallest absolute Gasteiger partial charge is 0.265 e. The van der Waals surface area contributed by atoms with Crippen LogP contribution in [0.1, 0.15) is 19.4 Å². The first kappa shape index (κ1) is 22.4. The van der Waals surface area contributed by atoms with E-state index in [9.17, 15) is 16.8 Å². The number of fused-ring (bicyclic) bond motifs is 1. The van der Waals surface area contributed by atoms with Gasteiger partial charge in [0.2, 0.25) is 10.0 Å². The third kappa shape index (κ3) is 4.41. The quantitative estimate of drug-likeness (QED) is 0.567. The summed E-state index contributed by atoms with van der Waals surface area (Å²) in [6.07, 6.45) is 5.33. The third-order valence-corrected chi connectivity index (χ3v) is 8.47. The summed E-state index contributed by atoms with van der Waals surface area (Å²) in [7, 11) is -4.24. The normalized spacial score (nSPS) is 12.9. The maximum atomic E-state index is 13.0. The van der Waals surface area contributed by atoms with Crippen LogP contribution in [0.5, 0.6) is 0 Å². The van der Waals surface area contributed by atoms with Crippen LogP contribution in [0.25, 0.3) is 22.0 Å². The Labute approximate surface area is 177 Å². The minimum atomic E-state index is -3.59. The van der Waals surface area contributed by atoms with Gasteiger partial charge in [-0.2, -0.15) is 12.7 Å². The number of nitrogens with zero attached hydrogens (tertiary/aromatic N) is 3. The summed E-state index contributed by atoms with van der Waals surface area (Å²) in [5.41, 5.74) is 3.14. The van der Waals surface area contributed by atoms with Gasteiger partial charge in [0.15, 0.2) is 0 Å². The monoisotopic (exact) mass is 450 g/mol. The van der Waals surface area contributed by atoms with Crippen molar-refractivity contribution in [3.05, 3.63) is 54.5 Å². The molecule has 10 heteroatoms. The molecule has 0 saturated heterocycles. The second-order valence-corrected chi connectivity index (χ2v) is 11.8. The molecule has 162 valence electrons. The lowest BCUT2D eigenvalue weighted by molar-refractivity contribution is 0.506. The van der Waals surface area contributed by atoms with Crippen LogP contribution in [-0.2, 0) is 26.7 Å². The summed E-state index contributed by atoms with van der Waals surface area (Å²) in [6, 6.07) is 9.38. The molecule has 0 saturated carbocycles. The number of hydrogen-bond acceptors (Lipinski definition) is 5. The van der Waals surface area contributed by atoms with Crippen LogP contribution in [0, 0.1) is 0 Å². The SMILES string of the molecule is CC(C)S(=O)(=O)n1cc(CCNS(=O)(=O)N(C)C)c2ccc(-c3ccncc3)cc21. The molecule has 8 nitrogen and oxygen atoms in total. The van der Waals surface area contributed by atoms with Crippen molar-refractivity contribution in [1.82, 2.24) is 18.0 Å². The van der Waals surface area contributed by atoms with Crippen molar-refractivity contribution in [1.29, 1.82) is 0 Å². The zero-order valence-electron chi connectivity index (χ0n) is 17.4. The molecule has 3 rings (SSSR count). The Kier molecular flexibility index (Phi) is 6.32. The average molecular weight is 451 g/mol. The molecule has 0 aliphatic heterocycles. The predicted octanol–water partition coefficient (Wildman–Crippen LogP) is 2.23. The van der Waals surface area contributed by atoms with E-state index in [0.29, 0.717) is 11.9 Å². The van der Waals surface area contributed by atoms with Crippen LogP contribution in [0.2, 0.25) is 0 Å². The molecule has 3 aromatic rings. The number of benzene rings is 1. The average Bonchev–Trinajstić information content (AvgIpc) is 3.07. The molecule has 0 atom stereocenters. The van der Waals surface area contributed by atoms with Gasteiger partial charge >= 0.3 is 0 Å². The van der Waals surface area contributed by atoms with E-state index in [1.54, 1.807) is 32.4 Å². The molecule has 0 unspecified atom stereocenters. The molecule has 0 aliphatic carbocycles. The lowest BCUT2D eigenvalue weighted by Crippen LogP contribution is -2.36. The molecule has 0 amide bonds. The molecule has 1 N–H and O–H groups in total. The highest BCUT2D eigenvalue weighted by Crippen LogP contribution is 2.29. The fraction of sp³-hybridized carbons (Fsp3) is 0.350. The Balaban J connectivity index is 2.06. The zero-order chi connectivity index (χ0) is 22.1. The van der Waals surface area contributed by atoms with E-state index in [2.05, 4.69) is 9.71 Å². The number of nitrogens with one attached hydrogen (secondary N) is 1. The van der Waals surface area contributed by atoms with Crippen LogP contribution >= 0.6 is 0 Å². The second-order valence-electron chi connectivity index (χ2n) is 7.44. The summed E-state index contributed by atoms with van der Waals surface area (Å²) in [4.78, 5) is 4.02. The van der Waals surface area contributed by atoms with Gasteiger partial charge in [-0.3, -0.25) is 4.98 Å². The van der Waals surface area contributed by atoms with Crippen molar-refractivity contribution in [2.45, 2.75) is 25.5 Å². The van der Waals surface area contributed by atoms with E-state index in [1.807, 2.05) is 30.3 Å². The van der Waals surface area contributed by atoms with E-state index >= 15 is 0 Å². The molecule has 0 bridgehead atoms. The van der Waals surface area contributed by atoms with Gasteiger partial charge in [-0.25, -0.2) is 17.1 Å². The van der Waals surface area contributed by atoms with Crippen LogP contribution < -0.4 is 4.72 Å². The molecular formula is C20H26N4O4S2. The van der Waals surface area contributed by atoms with Gasteiger partial charge in [-0.05, 0) is 55.2 Å². The third-order valence-electron chi connectivity index (χ3n) is 4.90. The summed E-state index contributed by atoms with van der Waals surface area (Å²) in [6.45, 7) is 3.44. The summed E-state index contributed by atoms with van der Waals surface area (Å²) in [5, 5.41) is 0.179. The summed E-state index contributed by atoms with van der Waals surface area (Å²) < 4.78 is 54.7. The minimum Gasteiger partial charge on any atom is -0.265 e. The maximum absolute atomic E-state index is 13.0. The van der Waals surface area contributed by atoms with E-state index in [1.165, 1.54) is 18.1 Å². The van der Waals surface area contributed by atoms with Gasteiger partial charge in [0, 0.05) is 44.6 Å².